The lowest BCUT2D eigenvalue weighted by Crippen LogP contribution is -2.25. The molecule has 0 spiro atoms. The zero-order chi connectivity index (χ0) is 10.4. The molecular formula is C9H16N4S. The number of hydrogen-bond donors (Lipinski definition) is 2. The highest BCUT2D eigenvalue weighted by atomic mass is 32.2. The first-order valence-corrected chi connectivity index (χ1v) is 5.55. The Morgan fingerprint density at radius 3 is 3.07 bits per heavy atom. The van der Waals surface area contributed by atoms with Crippen LogP contribution in [0, 0.1) is 0 Å². The quantitative estimate of drug-likeness (QED) is 0.553. The van der Waals surface area contributed by atoms with E-state index in [2.05, 4.69) is 40.9 Å². The van der Waals surface area contributed by atoms with E-state index in [0.717, 1.165) is 17.5 Å². The van der Waals surface area contributed by atoms with Crippen molar-refractivity contribution in [3.8, 4) is 0 Å². The van der Waals surface area contributed by atoms with Gasteiger partial charge in [-0.05, 0) is 0 Å². The minimum Gasteiger partial charge on any atom is -0.311 e. The van der Waals surface area contributed by atoms with E-state index in [0.29, 0.717) is 6.04 Å². The topological polar surface area (TPSA) is 53.6 Å². The van der Waals surface area contributed by atoms with Gasteiger partial charge in [0.25, 0.3) is 0 Å². The van der Waals surface area contributed by atoms with Crippen molar-refractivity contribution in [2.75, 3.05) is 12.3 Å². The molecule has 0 aliphatic heterocycles. The molecule has 0 aliphatic carbocycles. The summed E-state index contributed by atoms with van der Waals surface area (Å²) in [5.74, 6) is 0.870. The molecule has 14 heavy (non-hydrogen) atoms. The van der Waals surface area contributed by atoms with Gasteiger partial charge in [0.1, 0.15) is 6.33 Å². The number of hydrogen-bond acceptors (Lipinski definition) is 4. The van der Waals surface area contributed by atoms with Crippen LogP contribution in [0.25, 0.3) is 0 Å². The largest absolute Gasteiger partial charge is 0.311 e. The van der Waals surface area contributed by atoms with Gasteiger partial charge in [0.05, 0.1) is 0 Å². The summed E-state index contributed by atoms with van der Waals surface area (Å²) in [5.41, 5.74) is 1.17. The van der Waals surface area contributed by atoms with E-state index in [1.54, 1.807) is 11.8 Å². The van der Waals surface area contributed by atoms with Crippen molar-refractivity contribution in [1.29, 1.82) is 0 Å². The van der Waals surface area contributed by atoms with E-state index >= 15 is 0 Å². The van der Waals surface area contributed by atoms with E-state index in [4.69, 9.17) is 0 Å². The lowest BCUT2D eigenvalue weighted by molar-refractivity contribution is 0.623. The predicted octanol–water partition coefficient (Wildman–Crippen LogP) is 1.45. The number of thioether (sulfide) groups is 1. The molecule has 1 aromatic rings. The minimum atomic E-state index is 0.502. The molecule has 1 heterocycles. The fraction of sp³-hybridized carbons (Fsp3) is 0.556. The highest BCUT2D eigenvalue weighted by Gasteiger charge is 2.00. The molecule has 0 unspecified atom stereocenters. The molecule has 0 bridgehead atoms. The number of aromatic amines is 1. The Hall–Kier alpha value is -0.810. The van der Waals surface area contributed by atoms with Crippen LogP contribution in [0.3, 0.4) is 0 Å². The summed E-state index contributed by atoms with van der Waals surface area (Å²) < 4.78 is 0. The fourth-order valence-electron chi connectivity index (χ4n) is 0.834. The third-order valence-electron chi connectivity index (χ3n) is 1.57. The normalized spacial score (nSPS) is 10.8. The van der Waals surface area contributed by atoms with Crippen molar-refractivity contribution in [3.05, 3.63) is 18.5 Å². The molecule has 0 saturated heterocycles. The number of H-pyrrole nitrogens is 1. The maximum Gasteiger partial charge on any atom is 0.183 e. The first-order chi connectivity index (χ1) is 6.68. The van der Waals surface area contributed by atoms with E-state index in [1.807, 2.05) is 0 Å². The first kappa shape index (κ1) is 11.3. The number of aromatic nitrogens is 3. The van der Waals surface area contributed by atoms with Crippen LogP contribution in [0.1, 0.15) is 13.8 Å². The zero-order valence-corrected chi connectivity index (χ0v) is 9.40. The van der Waals surface area contributed by atoms with Crippen molar-refractivity contribution in [3.63, 3.8) is 0 Å². The second kappa shape index (κ2) is 5.82. The highest BCUT2D eigenvalue weighted by molar-refractivity contribution is 7.99. The Balaban J connectivity index is 2.15. The Bertz CT molecular complexity index is 268. The number of nitrogens with zero attached hydrogens (tertiary/aromatic N) is 2. The Morgan fingerprint density at radius 1 is 1.71 bits per heavy atom. The Kier molecular flexibility index (Phi) is 4.69. The van der Waals surface area contributed by atoms with Crippen molar-refractivity contribution in [2.45, 2.75) is 25.0 Å². The molecule has 78 valence electrons. The molecule has 5 heteroatoms. The number of nitrogens with one attached hydrogen (secondary N) is 2. The van der Waals surface area contributed by atoms with Gasteiger partial charge in [-0.25, -0.2) is 4.98 Å². The monoisotopic (exact) mass is 212 g/mol. The van der Waals surface area contributed by atoms with Crippen molar-refractivity contribution >= 4 is 11.8 Å². The average molecular weight is 212 g/mol. The first-order valence-electron chi connectivity index (χ1n) is 4.56. The predicted molar refractivity (Wildman–Crippen MR) is 59.4 cm³/mol. The van der Waals surface area contributed by atoms with Crippen LogP contribution in [0.4, 0.5) is 0 Å². The van der Waals surface area contributed by atoms with Gasteiger partial charge in [-0.2, -0.15) is 5.10 Å². The van der Waals surface area contributed by atoms with Crippen LogP contribution in [0.15, 0.2) is 23.6 Å². The maximum atomic E-state index is 4.02. The second-order valence-corrected chi connectivity index (χ2v) is 4.33. The molecule has 4 nitrogen and oxygen atoms in total. The third kappa shape index (κ3) is 4.43. The van der Waals surface area contributed by atoms with Crippen LogP contribution >= 0.6 is 11.8 Å². The van der Waals surface area contributed by atoms with Crippen LogP contribution in [-0.4, -0.2) is 33.5 Å². The number of rotatable bonds is 6. The average Bonchev–Trinajstić information content (AvgIpc) is 2.63. The molecule has 0 saturated carbocycles. The Morgan fingerprint density at radius 2 is 2.50 bits per heavy atom. The van der Waals surface area contributed by atoms with Crippen molar-refractivity contribution in [2.24, 2.45) is 0 Å². The SMILES string of the molecule is C=C(CNC(C)C)CSc1ncn[nH]1. The van der Waals surface area contributed by atoms with Crippen LogP contribution < -0.4 is 5.32 Å². The molecule has 1 rings (SSSR count). The smallest absolute Gasteiger partial charge is 0.183 e. The molecule has 1 aromatic heterocycles. The van der Waals surface area contributed by atoms with E-state index < -0.39 is 0 Å². The summed E-state index contributed by atoms with van der Waals surface area (Å²) in [6.45, 7) is 9.08. The molecule has 2 N–H and O–H groups in total. The van der Waals surface area contributed by atoms with Gasteiger partial charge in [0.15, 0.2) is 5.16 Å². The minimum absolute atomic E-state index is 0.502. The molecule has 0 amide bonds. The van der Waals surface area contributed by atoms with Gasteiger partial charge in [0, 0.05) is 18.3 Å². The van der Waals surface area contributed by atoms with E-state index in [-0.39, 0.29) is 0 Å². The Labute approximate surface area is 88.6 Å². The van der Waals surface area contributed by atoms with Crippen molar-refractivity contribution in [1.82, 2.24) is 20.5 Å². The fourth-order valence-corrected chi connectivity index (χ4v) is 1.52. The summed E-state index contributed by atoms with van der Waals surface area (Å²) >= 11 is 1.62. The molecule has 0 radical (unpaired) electrons. The van der Waals surface area contributed by atoms with E-state index in [9.17, 15) is 0 Å². The van der Waals surface area contributed by atoms with Gasteiger partial charge in [-0.3, -0.25) is 5.10 Å². The summed E-state index contributed by atoms with van der Waals surface area (Å²) in [7, 11) is 0. The van der Waals surface area contributed by atoms with Gasteiger partial charge in [0.2, 0.25) is 0 Å². The van der Waals surface area contributed by atoms with Crippen LogP contribution in [-0.2, 0) is 0 Å². The molecular weight excluding hydrogens is 196 g/mol. The second-order valence-electron chi connectivity index (χ2n) is 3.36. The van der Waals surface area contributed by atoms with Gasteiger partial charge < -0.3 is 5.32 Å². The van der Waals surface area contributed by atoms with Crippen molar-refractivity contribution < 1.29 is 0 Å². The maximum absolute atomic E-state index is 4.02. The zero-order valence-electron chi connectivity index (χ0n) is 8.58. The van der Waals surface area contributed by atoms with Gasteiger partial charge in [-0.1, -0.05) is 37.8 Å². The summed E-state index contributed by atoms with van der Waals surface area (Å²) in [4.78, 5) is 4.02. The standard InChI is InChI=1S/C9H16N4S/c1-7(2)10-4-8(3)5-14-9-11-6-12-13-9/h6-7,10H,3-5H2,1-2H3,(H,11,12,13). The lowest BCUT2D eigenvalue weighted by Gasteiger charge is -2.09. The lowest BCUT2D eigenvalue weighted by atomic mass is 10.3. The summed E-state index contributed by atoms with van der Waals surface area (Å²) in [5, 5.41) is 10.7. The summed E-state index contributed by atoms with van der Waals surface area (Å²) in [6.07, 6.45) is 1.51. The molecule has 0 aromatic carbocycles. The third-order valence-corrected chi connectivity index (χ3v) is 2.59. The molecule has 0 atom stereocenters. The van der Waals surface area contributed by atoms with Gasteiger partial charge >= 0.3 is 0 Å². The van der Waals surface area contributed by atoms with Crippen LogP contribution in [0.2, 0.25) is 0 Å². The molecule has 0 fully saturated rings. The van der Waals surface area contributed by atoms with Crippen LogP contribution in [0.5, 0.6) is 0 Å². The van der Waals surface area contributed by atoms with Gasteiger partial charge in [-0.15, -0.1) is 0 Å². The summed E-state index contributed by atoms with van der Waals surface area (Å²) in [6, 6.07) is 0.502. The molecule has 0 aliphatic rings. The highest BCUT2D eigenvalue weighted by Crippen LogP contribution is 2.13. The van der Waals surface area contributed by atoms with E-state index in [1.165, 1.54) is 11.9 Å².